The Morgan fingerprint density at radius 2 is 1.80 bits per heavy atom. The van der Waals surface area contributed by atoms with Crippen molar-refractivity contribution < 1.29 is 13.2 Å². The molecule has 0 rings (SSSR count). The van der Waals surface area contributed by atoms with E-state index >= 15 is 0 Å². The second kappa shape index (κ2) is 2.28. The van der Waals surface area contributed by atoms with Gasteiger partial charge in [0.05, 0.1) is 0 Å². The van der Waals surface area contributed by atoms with Crippen LogP contribution in [0, 0.1) is 0 Å². The first-order chi connectivity index (χ1) is 2.27. The largest absolute Gasteiger partial charge is 0.373 e. The lowest BCUT2D eigenvalue weighted by molar-refractivity contribution is -0.0445. The second-order valence-electron chi connectivity index (χ2n) is 0.427. The monoisotopic (exact) mass is 97.0 g/mol. The zero-order valence-corrected chi connectivity index (χ0v) is 3.86. The van der Waals surface area contributed by atoms with E-state index in [1.54, 1.807) is 0 Å². The van der Waals surface area contributed by atoms with Crippen LogP contribution in [-0.2, 0) is 4.43 Å². The zero-order chi connectivity index (χ0) is 4.28. The second-order valence-corrected chi connectivity index (χ2v) is 0.761. The Kier molecular flexibility index (Phi) is 2.30. The first kappa shape index (κ1) is 5.04. The molecule has 1 nitrogen and oxygen atoms in total. The van der Waals surface area contributed by atoms with Gasteiger partial charge in [0.15, 0.2) is 10.5 Å². The summed E-state index contributed by atoms with van der Waals surface area (Å²) < 4.78 is 24.5. The summed E-state index contributed by atoms with van der Waals surface area (Å²) in [5.74, 6) is 0. The lowest BCUT2D eigenvalue weighted by atomic mass is 11.5. The van der Waals surface area contributed by atoms with Crippen LogP contribution in [0.3, 0.4) is 0 Å². The summed E-state index contributed by atoms with van der Waals surface area (Å²) in [4.78, 5) is 0. The quantitative estimate of drug-likeness (QED) is 0.411. The molecule has 0 bridgehead atoms. The lowest BCUT2D eigenvalue weighted by Gasteiger charge is -1.86. The minimum atomic E-state index is -2.60. The summed E-state index contributed by atoms with van der Waals surface area (Å²) in [5.41, 5.74) is 0. The molecule has 0 unspecified atom stereocenters. The lowest BCUT2D eigenvalue weighted by Crippen LogP contribution is -1.91. The minimum absolute atomic E-state index is 0.784. The van der Waals surface area contributed by atoms with Crippen molar-refractivity contribution >= 4 is 10.5 Å². The van der Waals surface area contributed by atoms with Crippen molar-refractivity contribution in [1.82, 2.24) is 0 Å². The highest BCUT2D eigenvalue weighted by atomic mass is 28.2. The van der Waals surface area contributed by atoms with Crippen molar-refractivity contribution in [3.8, 4) is 0 Å². The summed E-state index contributed by atoms with van der Waals surface area (Å²) in [7, 11) is 0.784. The van der Waals surface area contributed by atoms with E-state index in [1.165, 1.54) is 0 Å². The summed E-state index contributed by atoms with van der Waals surface area (Å²) in [5, 5.41) is 0. The molecular weight excluding hydrogens is 94.1 g/mol. The smallest absolute Gasteiger partial charge is 0.335 e. The van der Waals surface area contributed by atoms with Crippen LogP contribution in [0.1, 0.15) is 0 Å². The topological polar surface area (TPSA) is 9.23 Å². The normalized spacial score (nSPS) is 9.60. The van der Waals surface area contributed by atoms with Gasteiger partial charge in [-0.05, 0) is 0 Å². The fraction of sp³-hybridized carbons (Fsp3) is 1.00. The van der Waals surface area contributed by atoms with E-state index in [0.29, 0.717) is 0 Å². The maximum atomic E-state index is 10.5. The highest BCUT2D eigenvalue weighted by Crippen LogP contribution is 1.86. The first-order valence-electron chi connectivity index (χ1n) is 0.961. The molecule has 0 aromatic carbocycles. The van der Waals surface area contributed by atoms with Gasteiger partial charge in [0, 0.05) is 0 Å². The van der Waals surface area contributed by atoms with Gasteiger partial charge in [-0.3, -0.25) is 0 Å². The Hall–Kier alpha value is 0.0369. The summed E-state index contributed by atoms with van der Waals surface area (Å²) in [6.07, 6.45) is 0. The Morgan fingerprint density at radius 1 is 1.60 bits per heavy atom. The molecule has 4 heteroatoms. The van der Waals surface area contributed by atoms with E-state index in [-0.39, 0.29) is 0 Å². The van der Waals surface area contributed by atoms with Crippen molar-refractivity contribution in [2.24, 2.45) is 0 Å². The Balaban J connectivity index is 2.54. The van der Waals surface area contributed by atoms with Gasteiger partial charge in [-0.25, -0.2) is 0 Å². The Labute approximate surface area is 31.5 Å². The van der Waals surface area contributed by atoms with Crippen molar-refractivity contribution in [3.63, 3.8) is 0 Å². The van der Waals surface area contributed by atoms with Gasteiger partial charge in [0.25, 0.3) is 0 Å². The molecular formula is CH3F2OSi. The molecule has 0 aliphatic carbocycles. The number of halogens is 2. The van der Waals surface area contributed by atoms with Crippen LogP contribution >= 0.6 is 0 Å². The van der Waals surface area contributed by atoms with E-state index in [1.807, 2.05) is 0 Å². The van der Waals surface area contributed by atoms with Crippen LogP contribution in [0.2, 0.25) is 0 Å². The SMILES string of the molecule is FC(F)O[SiH2]. The van der Waals surface area contributed by atoms with E-state index in [0.717, 1.165) is 10.5 Å². The first-order valence-corrected chi connectivity index (χ1v) is 1.54. The molecule has 0 spiro atoms. The predicted octanol–water partition coefficient (Wildman–Crippen LogP) is -0.226. The molecule has 0 saturated carbocycles. The Morgan fingerprint density at radius 3 is 1.80 bits per heavy atom. The van der Waals surface area contributed by atoms with Crippen molar-refractivity contribution in [2.45, 2.75) is 6.61 Å². The molecule has 0 aromatic heterocycles. The van der Waals surface area contributed by atoms with Gasteiger partial charge in [-0.1, -0.05) is 0 Å². The maximum absolute atomic E-state index is 10.5. The average Bonchev–Trinajstić information content (AvgIpc) is 1.38. The van der Waals surface area contributed by atoms with Crippen LogP contribution in [-0.4, -0.2) is 17.1 Å². The van der Waals surface area contributed by atoms with E-state index < -0.39 is 6.61 Å². The van der Waals surface area contributed by atoms with E-state index in [4.69, 9.17) is 0 Å². The van der Waals surface area contributed by atoms with E-state index in [2.05, 4.69) is 4.43 Å². The van der Waals surface area contributed by atoms with Gasteiger partial charge in [-0.15, -0.1) is 0 Å². The number of alkyl halides is 2. The molecule has 5 heavy (non-hydrogen) atoms. The number of hydrogen-bond donors (Lipinski definition) is 0. The standard InChI is InChI=1S/CH3F2OSi/c2-1(3)4-5/h1H,5H2. The van der Waals surface area contributed by atoms with Crippen LogP contribution in [0.25, 0.3) is 0 Å². The van der Waals surface area contributed by atoms with Crippen molar-refractivity contribution in [3.05, 3.63) is 0 Å². The van der Waals surface area contributed by atoms with Crippen molar-refractivity contribution in [1.29, 1.82) is 0 Å². The zero-order valence-electron chi connectivity index (χ0n) is 2.45. The predicted molar refractivity (Wildman–Crippen MR) is 15.6 cm³/mol. The fourth-order valence-corrected chi connectivity index (χ4v) is 0. The molecule has 31 valence electrons. The highest BCUT2D eigenvalue weighted by molar-refractivity contribution is 5.97. The molecule has 0 saturated heterocycles. The number of hydrogen-bond acceptors (Lipinski definition) is 1. The summed E-state index contributed by atoms with van der Waals surface area (Å²) >= 11 is 0. The van der Waals surface area contributed by atoms with Gasteiger partial charge >= 0.3 is 6.61 Å². The fourth-order valence-electron chi connectivity index (χ4n) is 0. The number of rotatable bonds is 1. The third-order valence-corrected chi connectivity index (χ3v) is 0.378. The van der Waals surface area contributed by atoms with Crippen LogP contribution in [0.15, 0.2) is 0 Å². The van der Waals surface area contributed by atoms with Crippen molar-refractivity contribution in [2.75, 3.05) is 0 Å². The molecule has 0 aromatic rings. The molecule has 0 aliphatic heterocycles. The van der Waals surface area contributed by atoms with Crippen LogP contribution < -0.4 is 0 Å². The molecule has 0 N–H and O–H groups in total. The summed E-state index contributed by atoms with van der Waals surface area (Å²) in [6, 6.07) is 0. The van der Waals surface area contributed by atoms with Gasteiger partial charge in [0.2, 0.25) is 0 Å². The molecule has 0 aliphatic rings. The van der Waals surface area contributed by atoms with Gasteiger partial charge < -0.3 is 4.43 Å². The minimum Gasteiger partial charge on any atom is -0.373 e. The molecule has 0 fully saturated rings. The van der Waals surface area contributed by atoms with Crippen LogP contribution in [0.4, 0.5) is 8.78 Å². The van der Waals surface area contributed by atoms with Gasteiger partial charge in [0.1, 0.15) is 0 Å². The summed E-state index contributed by atoms with van der Waals surface area (Å²) in [6.45, 7) is -2.60. The maximum Gasteiger partial charge on any atom is 0.335 e. The highest BCUT2D eigenvalue weighted by Gasteiger charge is 1.90. The van der Waals surface area contributed by atoms with Crippen LogP contribution in [0.5, 0.6) is 0 Å². The molecule has 0 heterocycles. The molecule has 0 atom stereocenters. The Bertz CT molecular complexity index is 23.6. The third kappa shape index (κ3) is 4.04. The molecule has 1 radical (unpaired) electrons. The molecule has 0 amide bonds. The van der Waals surface area contributed by atoms with E-state index in [9.17, 15) is 8.78 Å². The van der Waals surface area contributed by atoms with Gasteiger partial charge in [-0.2, -0.15) is 8.78 Å². The third-order valence-electron chi connectivity index (χ3n) is 0.126. The average molecular weight is 97.1 g/mol.